The van der Waals surface area contributed by atoms with E-state index in [0.29, 0.717) is 5.69 Å². The Morgan fingerprint density at radius 2 is 1.85 bits per heavy atom. The lowest BCUT2D eigenvalue weighted by molar-refractivity contribution is 0.415. The monoisotopic (exact) mass is 268 g/mol. The molecule has 1 aromatic heterocycles. The predicted molar refractivity (Wildman–Crippen MR) is 84.5 cm³/mol. The molecule has 2 N–H and O–H groups in total. The summed E-state index contributed by atoms with van der Waals surface area (Å²) in [6.45, 7) is 6.13. The number of rotatable bonds is 3. The molecule has 0 bridgehead atoms. The Morgan fingerprint density at radius 3 is 2.45 bits per heavy atom. The van der Waals surface area contributed by atoms with E-state index in [1.54, 1.807) is 7.11 Å². The molecule has 0 spiro atoms. The third-order valence-corrected chi connectivity index (χ3v) is 3.50. The van der Waals surface area contributed by atoms with Crippen LogP contribution in [-0.2, 0) is 0 Å². The van der Waals surface area contributed by atoms with Gasteiger partial charge in [-0.25, -0.2) is 0 Å². The first-order valence-electron chi connectivity index (χ1n) is 6.58. The molecule has 0 amide bonds. The summed E-state index contributed by atoms with van der Waals surface area (Å²) in [5.74, 6) is 0.769. The van der Waals surface area contributed by atoms with Gasteiger partial charge in [0.2, 0.25) is 0 Å². The summed E-state index contributed by atoms with van der Waals surface area (Å²) < 4.78 is 5.18. The van der Waals surface area contributed by atoms with Gasteiger partial charge in [0.15, 0.2) is 0 Å². The molecule has 0 unspecified atom stereocenters. The predicted octanol–water partition coefficient (Wildman–Crippen LogP) is 3.93. The molecule has 3 nitrogen and oxygen atoms in total. The van der Waals surface area contributed by atoms with Crippen LogP contribution in [0.3, 0.4) is 0 Å². The van der Waals surface area contributed by atoms with Crippen LogP contribution >= 0.6 is 0 Å². The van der Waals surface area contributed by atoms with Crippen molar-refractivity contribution in [2.75, 3.05) is 12.8 Å². The maximum Gasteiger partial charge on any atom is 0.120 e. The van der Waals surface area contributed by atoms with Gasteiger partial charge in [0, 0.05) is 23.0 Å². The number of anilines is 1. The van der Waals surface area contributed by atoms with Crippen molar-refractivity contribution in [3.63, 3.8) is 0 Å². The number of hydrogen-bond acceptors (Lipinski definition) is 3. The maximum absolute atomic E-state index is 6.11. The molecule has 20 heavy (non-hydrogen) atoms. The van der Waals surface area contributed by atoms with Crippen molar-refractivity contribution in [1.82, 2.24) is 4.98 Å². The summed E-state index contributed by atoms with van der Waals surface area (Å²) in [4.78, 5) is 4.56. The molecule has 0 atom stereocenters. The lowest BCUT2D eigenvalue weighted by atomic mass is 9.98. The fourth-order valence-corrected chi connectivity index (χ4v) is 2.16. The van der Waals surface area contributed by atoms with Crippen LogP contribution in [0.2, 0.25) is 0 Å². The molecule has 0 radical (unpaired) electrons. The van der Waals surface area contributed by atoms with Crippen LogP contribution < -0.4 is 10.5 Å². The van der Waals surface area contributed by atoms with Crippen LogP contribution in [0.4, 0.5) is 5.69 Å². The first kappa shape index (κ1) is 14.1. The van der Waals surface area contributed by atoms with E-state index in [4.69, 9.17) is 10.5 Å². The molecule has 0 saturated carbocycles. The molecule has 0 fully saturated rings. The Labute approximate surface area is 120 Å². The quantitative estimate of drug-likeness (QED) is 0.858. The molecular weight excluding hydrogens is 248 g/mol. The first-order chi connectivity index (χ1) is 9.52. The minimum atomic E-state index is 0.717. The number of allylic oxidation sites excluding steroid dienone is 2. The van der Waals surface area contributed by atoms with Crippen molar-refractivity contribution in [1.29, 1.82) is 0 Å². The van der Waals surface area contributed by atoms with E-state index in [2.05, 4.69) is 18.8 Å². The molecule has 0 saturated heterocycles. The minimum absolute atomic E-state index is 0.717. The van der Waals surface area contributed by atoms with Gasteiger partial charge in [0.05, 0.1) is 12.8 Å². The standard InChI is InChI=1S/C17H20N2O/c1-11-6-5-7-17(19-11)13(3)12(2)15-9-8-14(20-4)10-16(15)18/h5-10H,18H2,1-4H3/b13-12-. The highest BCUT2D eigenvalue weighted by atomic mass is 16.5. The fourth-order valence-electron chi connectivity index (χ4n) is 2.16. The van der Waals surface area contributed by atoms with Gasteiger partial charge in [-0.05, 0) is 56.2 Å². The maximum atomic E-state index is 6.11. The van der Waals surface area contributed by atoms with Gasteiger partial charge in [-0.15, -0.1) is 0 Å². The topological polar surface area (TPSA) is 48.1 Å². The van der Waals surface area contributed by atoms with Crippen LogP contribution in [0.5, 0.6) is 5.75 Å². The zero-order chi connectivity index (χ0) is 14.7. The van der Waals surface area contributed by atoms with Gasteiger partial charge in [-0.1, -0.05) is 6.07 Å². The summed E-state index contributed by atoms with van der Waals surface area (Å²) >= 11 is 0. The Balaban J connectivity index is 2.48. The number of nitrogen functional groups attached to an aromatic ring is 1. The van der Waals surface area contributed by atoms with Crippen molar-refractivity contribution in [3.05, 3.63) is 53.3 Å². The van der Waals surface area contributed by atoms with Crippen LogP contribution in [0.25, 0.3) is 11.1 Å². The third kappa shape index (κ3) is 2.82. The minimum Gasteiger partial charge on any atom is -0.497 e. The molecule has 0 aliphatic carbocycles. The van der Waals surface area contributed by atoms with Crippen LogP contribution in [0.15, 0.2) is 36.4 Å². The normalized spacial score (nSPS) is 12.0. The second kappa shape index (κ2) is 5.78. The number of aromatic nitrogens is 1. The van der Waals surface area contributed by atoms with Gasteiger partial charge in [-0.2, -0.15) is 0 Å². The Bertz CT molecular complexity index is 660. The number of nitrogens with zero attached hydrogens (tertiary/aromatic N) is 1. The van der Waals surface area contributed by atoms with Gasteiger partial charge in [0.25, 0.3) is 0 Å². The average Bonchev–Trinajstić information content (AvgIpc) is 2.45. The van der Waals surface area contributed by atoms with Gasteiger partial charge < -0.3 is 10.5 Å². The number of aryl methyl sites for hydroxylation is 1. The number of ether oxygens (including phenoxy) is 1. The second-order valence-corrected chi connectivity index (χ2v) is 4.87. The molecule has 0 aliphatic heterocycles. The SMILES string of the molecule is COc1ccc(/C(C)=C(/C)c2cccc(C)n2)c(N)c1. The smallest absolute Gasteiger partial charge is 0.120 e. The molecule has 1 heterocycles. The summed E-state index contributed by atoms with van der Waals surface area (Å²) in [7, 11) is 1.64. The summed E-state index contributed by atoms with van der Waals surface area (Å²) in [6, 6.07) is 11.8. The van der Waals surface area contributed by atoms with E-state index in [-0.39, 0.29) is 0 Å². The third-order valence-electron chi connectivity index (χ3n) is 3.50. The van der Waals surface area contributed by atoms with E-state index in [0.717, 1.165) is 33.8 Å². The fraction of sp³-hybridized carbons (Fsp3) is 0.235. The summed E-state index contributed by atoms with van der Waals surface area (Å²) in [5.41, 5.74) is 12.1. The number of hydrogen-bond donors (Lipinski definition) is 1. The Morgan fingerprint density at radius 1 is 1.10 bits per heavy atom. The van der Waals surface area contributed by atoms with Crippen LogP contribution in [0.1, 0.15) is 30.8 Å². The number of pyridine rings is 1. The number of nitrogens with two attached hydrogens (primary N) is 1. The molecule has 0 aliphatic rings. The second-order valence-electron chi connectivity index (χ2n) is 4.87. The van der Waals surface area contributed by atoms with Gasteiger partial charge >= 0.3 is 0 Å². The van der Waals surface area contributed by atoms with Crippen molar-refractivity contribution in [2.45, 2.75) is 20.8 Å². The van der Waals surface area contributed by atoms with Gasteiger partial charge in [0.1, 0.15) is 5.75 Å². The van der Waals surface area contributed by atoms with Crippen molar-refractivity contribution in [3.8, 4) is 5.75 Å². The van der Waals surface area contributed by atoms with Crippen molar-refractivity contribution >= 4 is 16.8 Å². The lowest BCUT2D eigenvalue weighted by Gasteiger charge is -2.12. The summed E-state index contributed by atoms with van der Waals surface area (Å²) in [6.07, 6.45) is 0. The van der Waals surface area contributed by atoms with Crippen LogP contribution in [0, 0.1) is 6.92 Å². The van der Waals surface area contributed by atoms with E-state index >= 15 is 0 Å². The lowest BCUT2D eigenvalue weighted by Crippen LogP contribution is -1.96. The van der Waals surface area contributed by atoms with Crippen molar-refractivity contribution in [2.24, 2.45) is 0 Å². The Hall–Kier alpha value is -2.29. The molecule has 2 aromatic rings. The molecule has 104 valence electrons. The van der Waals surface area contributed by atoms with E-state index < -0.39 is 0 Å². The number of benzene rings is 1. The molecule has 2 rings (SSSR count). The zero-order valence-corrected chi connectivity index (χ0v) is 12.4. The highest BCUT2D eigenvalue weighted by Gasteiger charge is 2.08. The Kier molecular flexibility index (Phi) is 4.08. The summed E-state index contributed by atoms with van der Waals surface area (Å²) in [5, 5.41) is 0. The van der Waals surface area contributed by atoms with E-state index in [1.165, 1.54) is 0 Å². The van der Waals surface area contributed by atoms with Crippen molar-refractivity contribution < 1.29 is 4.74 Å². The molecule has 3 heteroatoms. The highest BCUT2D eigenvalue weighted by molar-refractivity contribution is 5.91. The molecular formula is C17H20N2O. The van der Waals surface area contributed by atoms with E-state index in [9.17, 15) is 0 Å². The van der Waals surface area contributed by atoms with Gasteiger partial charge in [-0.3, -0.25) is 4.98 Å². The molecule has 1 aromatic carbocycles. The first-order valence-corrected chi connectivity index (χ1v) is 6.58. The average molecular weight is 268 g/mol. The largest absolute Gasteiger partial charge is 0.497 e. The highest BCUT2D eigenvalue weighted by Crippen LogP contribution is 2.30. The van der Waals surface area contributed by atoms with E-state index in [1.807, 2.05) is 43.3 Å². The van der Waals surface area contributed by atoms with Crippen LogP contribution in [-0.4, -0.2) is 12.1 Å². The number of methoxy groups -OCH3 is 1. The zero-order valence-electron chi connectivity index (χ0n) is 12.4.